The van der Waals surface area contributed by atoms with E-state index >= 15 is 0 Å². The van der Waals surface area contributed by atoms with Gasteiger partial charge >= 0.3 is 0 Å². The molecule has 174 valence electrons. The number of piperazine rings is 1. The van der Waals surface area contributed by atoms with Crippen LogP contribution in [0.2, 0.25) is 0 Å². The summed E-state index contributed by atoms with van der Waals surface area (Å²) in [5.41, 5.74) is 4.11. The minimum absolute atomic E-state index is 0.0170. The third kappa shape index (κ3) is 4.15. The Morgan fingerprint density at radius 1 is 0.912 bits per heavy atom. The van der Waals surface area contributed by atoms with Crippen LogP contribution in [0.5, 0.6) is 0 Å². The Hall–Kier alpha value is -3.69. The molecular weight excluding hydrogens is 452 g/mol. The van der Waals surface area contributed by atoms with E-state index in [0.29, 0.717) is 5.69 Å². The summed E-state index contributed by atoms with van der Waals surface area (Å²) >= 11 is 0. The van der Waals surface area contributed by atoms with Crippen molar-refractivity contribution >= 4 is 38.9 Å². The van der Waals surface area contributed by atoms with E-state index in [1.807, 2.05) is 36.4 Å². The van der Waals surface area contributed by atoms with Crippen molar-refractivity contribution in [3.05, 3.63) is 83.9 Å². The van der Waals surface area contributed by atoms with Gasteiger partial charge in [-0.3, -0.25) is 9.59 Å². The van der Waals surface area contributed by atoms with Crippen LogP contribution in [-0.2, 0) is 21.2 Å². The molecule has 9 heteroatoms. The number of para-hydroxylation sites is 3. The molecule has 0 radical (unpaired) electrons. The van der Waals surface area contributed by atoms with Gasteiger partial charge in [0.25, 0.3) is 5.91 Å². The lowest BCUT2D eigenvalue weighted by molar-refractivity contribution is -0.122. The average Bonchev–Trinajstić information content (AvgIpc) is 3.28. The number of benzene rings is 3. The molecule has 0 spiro atoms. The molecule has 8 nitrogen and oxygen atoms in total. The minimum Gasteiger partial charge on any atom is -0.354 e. The Labute approximate surface area is 198 Å². The second-order valence-electron chi connectivity index (χ2n) is 8.22. The molecule has 3 aromatic carbocycles. The zero-order chi connectivity index (χ0) is 23.7. The standard InChI is InChI=1S/C25H24N4O4S/c30-24-17-28(15-13-26-24)34(32,33)20-8-5-7-19(16-20)25(31)27-21-9-2-4-11-23(21)29-14-12-18-6-1-3-10-22(18)29/h1-11,16H,12-15,17H2,(H,26,30)(H,27,31). The molecule has 0 bridgehead atoms. The van der Waals surface area contributed by atoms with Gasteiger partial charge in [0.1, 0.15) is 0 Å². The molecule has 2 heterocycles. The zero-order valence-electron chi connectivity index (χ0n) is 18.4. The summed E-state index contributed by atoms with van der Waals surface area (Å²) in [4.78, 5) is 27.0. The van der Waals surface area contributed by atoms with Crippen LogP contribution in [0.15, 0.2) is 77.7 Å². The van der Waals surface area contributed by atoms with Crippen LogP contribution < -0.4 is 15.5 Å². The zero-order valence-corrected chi connectivity index (χ0v) is 19.2. The fourth-order valence-electron chi connectivity index (χ4n) is 4.36. The lowest BCUT2D eigenvalue weighted by atomic mass is 10.1. The number of amides is 2. The first-order valence-corrected chi connectivity index (χ1v) is 12.5. The fourth-order valence-corrected chi connectivity index (χ4v) is 5.81. The molecule has 5 rings (SSSR count). The van der Waals surface area contributed by atoms with Gasteiger partial charge in [0.2, 0.25) is 15.9 Å². The van der Waals surface area contributed by atoms with E-state index in [2.05, 4.69) is 27.7 Å². The number of rotatable bonds is 5. The van der Waals surface area contributed by atoms with E-state index < -0.39 is 15.9 Å². The van der Waals surface area contributed by atoms with Gasteiger partial charge in [-0.15, -0.1) is 0 Å². The Morgan fingerprint density at radius 2 is 1.68 bits per heavy atom. The van der Waals surface area contributed by atoms with E-state index in [4.69, 9.17) is 0 Å². The molecule has 34 heavy (non-hydrogen) atoms. The molecule has 0 aliphatic carbocycles. The summed E-state index contributed by atoms with van der Waals surface area (Å²) in [6, 6.07) is 21.7. The molecule has 2 aliphatic rings. The van der Waals surface area contributed by atoms with E-state index in [1.165, 1.54) is 23.8 Å². The Kier molecular flexibility index (Phi) is 5.80. The van der Waals surface area contributed by atoms with Gasteiger partial charge in [-0.05, 0) is 48.4 Å². The van der Waals surface area contributed by atoms with E-state index in [1.54, 1.807) is 6.07 Å². The number of nitrogens with one attached hydrogen (secondary N) is 2. The molecule has 0 saturated carbocycles. The molecule has 1 saturated heterocycles. The molecule has 0 unspecified atom stereocenters. The highest BCUT2D eigenvalue weighted by Gasteiger charge is 2.30. The third-order valence-corrected chi connectivity index (χ3v) is 7.91. The van der Waals surface area contributed by atoms with Gasteiger partial charge in [-0.2, -0.15) is 4.31 Å². The molecule has 2 aliphatic heterocycles. The van der Waals surface area contributed by atoms with Crippen molar-refractivity contribution in [2.45, 2.75) is 11.3 Å². The maximum Gasteiger partial charge on any atom is 0.255 e. The number of nitrogens with zero attached hydrogens (tertiary/aromatic N) is 2. The number of carbonyl (C=O) groups excluding carboxylic acids is 2. The summed E-state index contributed by atoms with van der Waals surface area (Å²) in [6.07, 6.45) is 0.923. The summed E-state index contributed by atoms with van der Waals surface area (Å²) in [7, 11) is -3.89. The van der Waals surface area contributed by atoms with Gasteiger partial charge in [0.15, 0.2) is 0 Å². The Morgan fingerprint density at radius 3 is 2.50 bits per heavy atom. The Bertz CT molecular complexity index is 1370. The van der Waals surface area contributed by atoms with Gasteiger partial charge in [0, 0.05) is 30.9 Å². The normalized spacial score (nSPS) is 16.1. The smallest absolute Gasteiger partial charge is 0.255 e. The first-order chi connectivity index (χ1) is 16.4. The Balaban J connectivity index is 1.40. The largest absolute Gasteiger partial charge is 0.354 e. The maximum atomic E-state index is 13.1. The monoisotopic (exact) mass is 476 g/mol. The van der Waals surface area contributed by atoms with Gasteiger partial charge in [-0.1, -0.05) is 36.4 Å². The maximum absolute atomic E-state index is 13.1. The predicted octanol–water partition coefficient (Wildman–Crippen LogP) is 2.75. The van der Waals surface area contributed by atoms with Crippen LogP contribution in [0.1, 0.15) is 15.9 Å². The molecule has 2 amide bonds. The summed E-state index contributed by atoms with van der Waals surface area (Å²) in [5.74, 6) is -0.753. The topological polar surface area (TPSA) is 98.8 Å². The van der Waals surface area contributed by atoms with Crippen LogP contribution in [0, 0.1) is 0 Å². The average molecular weight is 477 g/mol. The lowest BCUT2D eigenvalue weighted by Gasteiger charge is -2.26. The highest BCUT2D eigenvalue weighted by molar-refractivity contribution is 7.89. The third-order valence-electron chi connectivity index (χ3n) is 6.07. The SMILES string of the molecule is O=C1CN(S(=O)(=O)c2cccc(C(=O)Nc3ccccc3N3CCc4ccccc43)c2)CCN1. The van der Waals surface area contributed by atoms with Gasteiger partial charge in [0.05, 0.1) is 22.8 Å². The number of carbonyl (C=O) groups is 2. The molecular formula is C25H24N4O4S. The van der Waals surface area contributed by atoms with Crippen LogP contribution in [0.25, 0.3) is 0 Å². The van der Waals surface area contributed by atoms with Crippen molar-refractivity contribution in [3.63, 3.8) is 0 Å². The lowest BCUT2D eigenvalue weighted by Crippen LogP contribution is -2.49. The first-order valence-electron chi connectivity index (χ1n) is 11.1. The van der Waals surface area contributed by atoms with E-state index in [-0.39, 0.29) is 36.0 Å². The van der Waals surface area contributed by atoms with E-state index in [0.717, 1.165) is 28.6 Å². The number of sulfonamides is 1. The van der Waals surface area contributed by atoms with Gasteiger partial charge < -0.3 is 15.5 Å². The second-order valence-corrected chi connectivity index (χ2v) is 10.2. The summed E-state index contributed by atoms with van der Waals surface area (Å²) < 4.78 is 27.2. The molecule has 2 N–H and O–H groups in total. The van der Waals surface area contributed by atoms with Crippen molar-refractivity contribution in [3.8, 4) is 0 Å². The highest BCUT2D eigenvalue weighted by Crippen LogP contribution is 2.38. The van der Waals surface area contributed by atoms with E-state index in [9.17, 15) is 18.0 Å². The molecule has 3 aromatic rings. The summed E-state index contributed by atoms with van der Waals surface area (Å²) in [5, 5.41) is 5.56. The van der Waals surface area contributed by atoms with Gasteiger partial charge in [-0.25, -0.2) is 8.42 Å². The number of hydrogen-bond donors (Lipinski definition) is 2. The van der Waals surface area contributed by atoms with Crippen molar-refractivity contribution < 1.29 is 18.0 Å². The minimum atomic E-state index is -3.89. The van der Waals surface area contributed by atoms with Crippen LogP contribution in [-0.4, -0.2) is 50.7 Å². The van der Waals surface area contributed by atoms with Crippen molar-refractivity contribution in [2.75, 3.05) is 36.4 Å². The number of fused-ring (bicyclic) bond motifs is 1. The first kappa shape index (κ1) is 22.1. The highest BCUT2D eigenvalue weighted by atomic mass is 32.2. The van der Waals surface area contributed by atoms with Crippen LogP contribution in [0.3, 0.4) is 0 Å². The molecule has 0 aromatic heterocycles. The van der Waals surface area contributed by atoms with Crippen molar-refractivity contribution in [1.82, 2.24) is 9.62 Å². The predicted molar refractivity (Wildman–Crippen MR) is 130 cm³/mol. The quantitative estimate of drug-likeness (QED) is 0.590. The summed E-state index contributed by atoms with van der Waals surface area (Å²) in [6.45, 7) is 1.02. The van der Waals surface area contributed by atoms with Crippen LogP contribution in [0.4, 0.5) is 17.1 Å². The molecule has 1 fully saturated rings. The fraction of sp³-hybridized carbons (Fsp3) is 0.200. The molecule has 0 atom stereocenters. The number of hydrogen-bond acceptors (Lipinski definition) is 5. The second kappa shape index (κ2) is 8.92. The van der Waals surface area contributed by atoms with Crippen LogP contribution >= 0.6 is 0 Å². The van der Waals surface area contributed by atoms with Crippen molar-refractivity contribution in [2.24, 2.45) is 0 Å². The van der Waals surface area contributed by atoms with Crippen molar-refractivity contribution in [1.29, 1.82) is 0 Å². The number of anilines is 3.